The molecule has 0 aromatic heterocycles. The average Bonchev–Trinajstić information content (AvgIpc) is 3.16. The van der Waals surface area contributed by atoms with Crippen LogP contribution in [0.25, 0.3) is 6.08 Å². The molecule has 1 saturated heterocycles. The van der Waals surface area contributed by atoms with E-state index in [0.717, 1.165) is 47.7 Å². The van der Waals surface area contributed by atoms with Crippen LogP contribution in [0.2, 0.25) is 0 Å². The molecular formula is C22H21N3O5S. The minimum absolute atomic E-state index is 0.0735. The van der Waals surface area contributed by atoms with E-state index in [4.69, 9.17) is 4.74 Å². The maximum atomic E-state index is 11.1. The number of allylic oxidation sites excluding steroid dienone is 2. The summed E-state index contributed by atoms with van der Waals surface area (Å²) in [5, 5.41) is 22.1. The smallest absolute Gasteiger partial charge is 0.270 e. The predicted octanol–water partition coefficient (Wildman–Crippen LogP) is 5.02. The van der Waals surface area contributed by atoms with E-state index in [-0.39, 0.29) is 16.3 Å². The molecule has 0 radical (unpaired) electrons. The van der Waals surface area contributed by atoms with Crippen molar-refractivity contribution in [1.82, 2.24) is 4.90 Å². The van der Waals surface area contributed by atoms with Crippen molar-refractivity contribution in [1.29, 1.82) is 0 Å². The molecule has 0 bridgehead atoms. The molecule has 9 heteroatoms. The SMILES string of the molecule is O=[N+]([O-])c1ccc(SC2=C(N3CCOCC3)C(=Cc3cccc([N+](=O)[O-])c3)CC2)cc1. The van der Waals surface area contributed by atoms with Gasteiger partial charge in [0.2, 0.25) is 0 Å². The lowest BCUT2D eigenvalue weighted by Gasteiger charge is -2.31. The highest BCUT2D eigenvalue weighted by atomic mass is 32.2. The quantitative estimate of drug-likeness (QED) is 0.460. The molecule has 2 aromatic carbocycles. The van der Waals surface area contributed by atoms with Crippen molar-refractivity contribution in [3.8, 4) is 0 Å². The van der Waals surface area contributed by atoms with Crippen molar-refractivity contribution < 1.29 is 14.6 Å². The minimum atomic E-state index is -0.400. The summed E-state index contributed by atoms with van der Waals surface area (Å²) in [6, 6.07) is 13.2. The van der Waals surface area contributed by atoms with Gasteiger partial charge in [-0.25, -0.2) is 0 Å². The van der Waals surface area contributed by atoms with Gasteiger partial charge in [-0.05, 0) is 42.2 Å². The lowest BCUT2D eigenvalue weighted by atomic mass is 10.1. The zero-order chi connectivity index (χ0) is 21.8. The third-order valence-electron chi connectivity index (χ3n) is 5.23. The molecule has 2 aromatic rings. The van der Waals surface area contributed by atoms with Crippen LogP contribution in [0.15, 0.2) is 69.6 Å². The second-order valence-electron chi connectivity index (χ2n) is 7.25. The largest absolute Gasteiger partial charge is 0.378 e. The Morgan fingerprint density at radius 2 is 1.65 bits per heavy atom. The van der Waals surface area contributed by atoms with Crippen LogP contribution in [0.5, 0.6) is 0 Å². The van der Waals surface area contributed by atoms with E-state index in [1.54, 1.807) is 36.0 Å². The van der Waals surface area contributed by atoms with Gasteiger partial charge >= 0.3 is 0 Å². The second-order valence-corrected chi connectivity index (χ2v) is 8.41. The highest BCUT2D eigenvalue weighted by Crippen LogP contribution is 2.44. The van der Waals surface area contributed by atoms with E-state index in [1.165, 1.54) is 23.1 Å². The van der Waals surface area contributed by atoms with E-state index >= 15 is 0 Å². The monoisotopic (exact) mass is 439 g/mol. The van der Waals surface area contributed by atoms with Crippen LogP contribution in [0.4, 0.5) is 11.4 Å². The van der Waals surface area contributed by atoms with Gasteiger partial charge in [0.1, 0.15) is 0 Å². The van der Waals surface area contributed by atoms with Crippen LogP contribution >= 0.6 is 11.8 Å². The molecule has 0 amide bonds. The van der Waals surface area contributed by atoms with Crippen LogP contribution in [-0.2, 0) is 4.74 Å². The first-order valence-corrected chi connectivity index (χ1v) is 10.8. The Balaban J connectivity index is 1.67. The maximum Gasteiger partial charge on any atom is 0.270 e. The molecule has 0 N–H and O–H groups in total. The molecule has 8 nitrogen and oxygen atoms in total. The molecule has 4 rings (SSSR count). The van der Waals surface area contributed by atoms with Gasteiger partial charge in [-0.1, -0.05) is 23.9 Å². The summed E-state index contributed by atoms with van der Waals surface area (Å²) in [7, 11) is 0. The van der Waals surface area contributed by atoms with Gasteiger partial charge < -0.3 is 9.64 Å². The number of hydrogen-bond donors (Lipinski definition) is 0. The van der Waals surface area contributed by atoms with Crippen LogP contribution in [-0.4, -0.2) is 41.0 Å². The van der Waals surface area contributed by atoms with Crippen molar-refractivity contribution in [2.24, 2.45) is 0 Å². The number of morpholine rings is 1. The molecule has 1 aliphatic carbocycles. The molecular weight excluding hydrogens is 418 g/mol. The predicted molar refractivity (Wildman–Crippen MR) is 119 cm³/mol. The maximum absolute atomic E-state index is 11.1. The van der Waals surface area contributed by atoms with Gasteiger partial charge in [0.15, 0.2) is 0 Å². The van der Waals surface area contributed by atoms with Crippen LogP contribution < -0.4 is 0 Å². The number of thioether (sulfide) groups is 1. The van der Waals surface area contributed by atoms with E-state index in [9.17, 15) is 20.2 Å². The summed E-state index contributed by atoms with van der Waals surface area (Å²) >= 11 is 1.62. The fourth-order valence-electron chi connectivity index (χ4n) is 3.78. The van der Waals surface area contributed by atoms with Gasteiger partial charge in [-0.2, -0.15) is 0 Å². The van der Waals surface area contributed by atoms with Gasteiger partial charge in [0.25, 0.3) is 11.4 Å². The fourth-order valence-corrected chi connectivity index (χ4v) is 4.90. The van der Waals surface area contributed by atoms with Gasteiger partial charge in [-0.3, -0.25) is 20.2 Å². The Morgan fingerprint density at radius 1 is 0.935 bits per heavy atom. The third-order valence-corrected chi connectivity index (χ3v) is 6.38. The molecule has 1 aliphatic heterocycles. The molecule has 0 atom stereocenters. The first-order valence-electron chi connectivity index (χ1n) is 9.95. The Hall–Kier alpha value is -3.17. The lowest BCUT2D eigenvalue weighted by molar-refractivity contribution is -0.385. The average molecular weight is 439 g/mol. The van der Waals surface area contributed by atoms with E-state index in [1.807, 2.05) is 12.1 Å². The Morgan fingerprint density at radius 3 is 2.32 bits per heavy atom. The summed E-state index contributed by atoms with van der Waals surface area (Å²) in [4.78, 5) is 25.7. The number of benzene rings is 2. The van der Waals surface area contributed by atoms with Crippen LogP contribution in [0.3, 0.4) is 0 Å². The number of non-ortho nitro benzene ring substituents is 2. The summed E-state index contributed by atoms with van der Waals surface area (Å²) < 4.78 is 5.51. The van der Waals surface area contributed by atoms with Crippen molar-refractivity contribution in [2.75, 3.05) is 26.3 Å². The van der Waals surface area contributed by atoms with Gasteiger partial charge in [0, 0.05) is 47.2 Å². The zero-order valence-corrected chi connectivity index (χ0v) is 17.5. The van der Waals surface area contributed by atoms with E-state index in [0.29, 0.717) is 13.2 Å². The Labute approximate surface area is 183 Å². The molecule has 31 heavy (non-hydrogen) atoms. The van der Waals surface area contributed by atoms with E-state index < -0.39 is 4.92 Å². The van der Waals surface area contributed by atoms with Crippen molar-refractivity contribution in [3.05, 3.63) is 90.5 Å². The first kappa shape index (κ1) is 21.1. The zero-order valence-electron chi connectivity index (χ0n) is 16.7. The second kappa shape index (κ2) is 9.32. The topological polar surface area (TPSA) is 98.8 Å². The number of hydrogen-bond acceptors (Lipinski definition) is 7. The molecule has 1 fully saturated rings. The summed E-state index contributed by atoms with van der Waals surface area (Å²) in [5.74, 6) is 0. The van der Waals surface area contributed by atoms with Gasteiger partial charge in [0.05, 0.1) is 28.8 Å². The number of rotatable bonds is 6. The number of ether oxygens (including phenoxy) is 1. The number of nitro benzene ring substituents is 2. The summed E-state index contributed by atoms with van der Waals surface area (Å²) in [5.41, 5.74) is 3.25. The number of nitro groups is 2. The van der Waals surface area contributed by atoms with Crippen molar-refractivity contribution in [3.63, 3.8) is 0 Å². The summed E-state index contributed by atoms with van der Waals surface area (Å²) in [6.07, 6.45) is 3.72. The third kappa shape index (κ3) is 4.95. The van der Waals surface area contributed by atoms with Gasteiger partial charge in [-0.15, -0.1) is 0 Å². The Bertz CT molecular complexity index is 1060. The minimum Gasteiger partial charge on any atom is -0.378 e. The van der Waals surface area contributed by atoms with Crippen molar-refractivity contribution >= 4 is 29.2 Å². The molecule has 1 heterocycles. The standard InChI is InChI=1S/C22H21N3O5S/c26-24(27)18-5-7-20(8-6-18)31-21-9-4-17(22(21)23-10-12-30-13-11-23)14-16-2-1-3-19(15-16)25(28)29/h1-3,5-8,14-15H,4,9-13H2. The highest BCUT2D eigenvalue weighted by Gasteiger charge is 2.27. The lowest BCUT2D eigenvalue weighted by Crippen LogP contribution is -2.35. The normalized spacial score (nSPS) is 17.9. The molecule has 0 unspecified atom stereocenters. The first-order chi connectivity index (χ1) is 15.0. The molecule has 0 spiro atoms. The Kier molecular flexibility index (Phi) is 6.34. The summed E-state index contributed by atoms with van der Waals surface area (Å²) in [6.45, 7) is 2.88. The fraction of sp³-hybridized carbons (Fsp3) is 0.273. The number of nitrogens with zero attached hydrogens (tertiary/aromatic N) is 3. The van der Waals surface area contributed by atoms with Crippen LogP contribution in [0, 0.1) is 20.2 Å². The molecule has 0 saturated carbocycles. The van der Waals surface area contributed by atoms with Crippen LogP contribution in [0.1, 0.15) is 18.4 Å². The van der Waals surface area contributed by atoms with E-state index in [2.05, 4.69) is 4.90 Å². The highest BCUT2D eigenvalue weighted by molar-refractivity contribution is 8.03. The molecule has 2 aliphatic rings. The van der Waals surface area contributed by atoms with Crippen molar-refractivity contribution in [2.45, 2.75) is 17.7 Å². The molecule has 160 valence electrons.